The largest absolute Gasteiger partial charge is 0.443 e. The number of alkyl carbamates (subject to hydrolysis) is 1. The zero-order valence-electron chi connectivity index (χ0n) is 27.8. The molecule has 8 atom stereocenters. The first-order valence-corrected chi connectivity index (χ1v) is 16.7. The molecule has 12 heteroatoms. The number of nitrogens with one attached hydrogen (secondary N) is 2. The summed E-state index contributed by atoms with van der Waals surface area (Å²) in [6.07, 6.45) is -0.647. The molecule has 2 saturated heterocycles. The molecule has 8 unspecified atom stereocenters. The molecule has 3 amide bonds. The molecule has 47 heavy (non-hydrogen) atoms. The van der Waals surface area contributed by atoms with E-state index >= 15 is 0 Å². The third kappa shape index (κ3) is 7.19. The van der Waals surface area contributed by atoms with Gasteiger partial charge >= 0.3 is 12.1 Å². The molecule has 12 nitrogen and oxygen atoms in total. The number of carbonyl (C=O) groups is 2. The highest BCUT2D eigenvalue weighted by Crippen LogP contribution is 2.49. The van der Waals surface area contributed by atoms with Crippen LogP contribution in [-0.4, -0.2) is 91.6 Å². The summed E-state index contributed by atoms with van der Waals surface area (Å²) in [5.74, 6) is 1.04. The average molecular weight is 650 g/mol. The lowest BCUT2D eigenvalue weighted by atomic mass is 9.70. The first kappa shape index (κ1) is 33.0. The number of oxazole rings is 1. The molecule has 3 bridgehead atoms. The number of nitrogens with zero attached hydrogens (tertiary/aromatic N) is 3. The van der Waals surface area contributed by atoms with E-state index in [0.29, 0.717) is 60.1 Å². The van der Waals surface area contributed by atoms with Gasteiger partial charge in [-0.15, -0.1) is 0 Å². The molecule has 1 aliphatic carbocycles. The van der Waals surface area contributed by atoms with Crippen LogP contribution >= 0.6 is 0 Å². The van der Waals surface area contributed by atoms with Crippen molar-refractivity contribution in [1.82, 2.24) is 15.2 Å². The van der Waals surface area contributed by atoms with Crippen molar-refractivity contribution in [3.63, 3.8) is 0 Å². The van der Waals surface area contributed by atoms with Crippen LogP contribution in [0.1, 0.15) is 39.2 Å². The third-order valence-corrected chi connectivity index (χ3v) is 9.98. The van der Waals surface area contributed by atoms with Gasteiger partial charge < -0.3 is 39.3 Å². The summed E-state index contributed by atoms with van der Waals surface area (Å²) in [5.41, 5.74) is 2.81. The number of aliphatic hydroxyl groups is 1. The van der Waals surface area contributed by atoms with Crippen molar-refractivity contribution in [2.45, 2.75) is 70.7 Å². The van der Waals surface area contributed by atoms with Crippen LogP contribution in [0, 0.1) is 23.7 Å². The molecule has 3 aromatic rings. The molecule has 0 radical (unpaired) electrons. The second-order valence-electron chi connectivity index (χ2n) is 13.6. The van der Waals surface area contributed by atoms with E-state index in [0.717, 1.165) is 18.4 Å². The lowest BCUT2D eigenvalue weighted by molar-refractivity contribution is -0.167. The zero-order valence-corrected chi connectivity index (χ0v) is 27.8. The summed E-state index contributed by atoms with van der Waals surface area (Å²) in [7, 11) is 3.43. The number of hydrogen-bond donors (Lipinski definition) is 3. The van der Waals surface area contributed by atoms with Gasteiger partial charge in [0.2, 0.25) is 0 Å². The van der Waals surface area contributed by atoms with Gasteiger partial charge in [-0.1, -0.05) is 51.1 Å². The Labute approximate surface area is 275 Å². The van der Waals surface area contributed by atoms with Crippen molar-refractivity contribution in [2.24, 2.45) is 23.7 Å². The molecule has 3 fully saturated rings. The van der Waals surface area contributed by atoms with Gasteiger partial charge in [0, 0.05) is 38.2 Å². The van der Waals surface area contributed by atoms with Crippen LogP contribution in [-0.2, 0) is 20.6 Å². The molecule has 1 aromatic heterocycles. The third-order valence-electron chi connectivity index (χ3n) is 9.98. The van der Waals surface area contributed by atoms with E-state index < -0.39 is 24.3 Å². The Morgan fingerprint density at radius 3 is 2.68 bits per heavy atom. The molecular formula is C35H47N5O7. The molecule has 3 aliphatic rings. The maximum absolute atomic E-state index is 14.0. The number of aliphatic hydroxyl groups excluding tert-OH is 1. The number of aromatic nitrogens is 1. The second-order valence-corrected chi connectivity index (χ2v) is 13.6. The molecule has 1 saturated carbocycles. The molecule has 2 aliphatic heterocycles. The number of amides is 3. The van der Waals surface area contributed by atoms with Gasteiger partial charge in [-0.05, 0) is 54.9 Å². The van der Waals surface area contributed by atoms with Crippen LogP contribution in [0.5, 0.6) is 0 Å². The zero-order chi connectivity index (χ0) is 33.2. The van der Waals surface area contributed by atoms with E-state index in [2.05, 4.69) is 36.4 Å². The van der Waals surface area contributed by atoms with Crippen molar-refractivity contribution in [1.29, 1.82) is 0 Å². The molecule has 0 spiro atoms. The van der Waals surface area contributed by atoms with Crippen molar-refractivity contribution in [3.05, 3.63) is 54.1 Å². The summed E-state index contributed by atoms with van der Waals surface area (Å²) in [4.78, 5) is 35.1. The fraction of sp³-hybridized carbons (Fsp3) is 0.571. The summed E-state index contributed by atoms with van der Waals surface area (Å²) in [6, 6.07) is 14.4. The molecule has 3 heterocycles. The Kier molecular flexibility index (Phi) is 9.90. The molecule has 254 valence electrons. The number of rotatable bonds is 12. The number of carbonyl (C=O) groups excluding carboxylic acids is 2. The van der Waals surface area contributed by atoms with Crippen molar-refractivity contribution in [2.75, 3.05) is 44.0 Å². The smallest absolute Gasteiger partial charge is 0.407 e. The minimum absolute atomic E-state index is 0.00973. The fourth-order valence-electron chi connectivity index (χ4n) is 7.10. The van der Waals surface area contributed by atoms with E-state index in [1.807, 2.05) is 30.3 Å². The van der Waals surface area contributed by atoms with Gasteiger partial charge in [-0.3, -0.25) is 4.90 Å². The minimum Gasteiger partial charge on any atom is -0.443 e. The molecular weight excluding hydrogens is 602 g/mol. The number of hydrogen-bond acceptors (Lipinski definition) is 9. The maximum Gasteiger partial charge on any atom is 0.407 e. The number of benzene rings is 2. The monoisotopic (exact) mass is 649 g/mol. The van der Waals surface area contributed by atoms with Gasteiger partial charge in [-0.2, -0.15) is 4.98 Å². The van der Waals surface area contributed by atoms with Crippen molar-refractivity contribution in [3.8, 4) is 0 Å². The van der Waals surface area contributed by atoms with E-state index in [1.165, 1.54) is 0 Å². The highest BCUT2D eigenvalue weighted by Gasteiger charge is 2.57. The van der Waals surface area contributed by atoms with Gasteiger partial charge in [0.05, 0.1) is 31.4 Å². The first-order valence-electron chi connectivity index (χ1n) is 16.7. The van der Waals surface area contributed by atoms with Crippen molar-refractivity contribution >= 4 is 34.9 Å². The Bertz CT molecular complexity index is 1530. The average Bonchev–Trinajstić information content (AvgIpc) is 3.63. The Morgan fingerprint density at radius 2 is 1.94 bits per heavy atom. The normalized spacial score (nSPS) is 25.9. The van der Waals surface area contributed by atoms with Crippen LogP contribution < -0.4 is 15.5 Å². The second kappa shape index (κ2) is 14.1. The Hall–Kier alpha value is -3.87. The quantitative estimate of drug-likeness (QED) is 0.251. The highest BCUT2D eigenvalue weighted by molar-refractivity contribution is 5.93. The van der Waals surface area contributed by atoms with E-state index in [9.17, 15) is 14.7 Å². The Morgan fingerprint density at radius 1 is 1.15 bits per heavy atom. The number of urea groups is 1. The number of anilines is 2. The predicted octanol–water partition coefficient (Wildman–Crippen LogP) is 4.87. The predicted molar refractivity (Wildman–Crippen MR) is 177 cm³/mol. The molecule has 6 rings (SSSR count). The van der Waals surface area contributed by atoms with Crippen LogP contribution in [0.2, 0.25) is 0 Å². The summed E-state index contributed by atoms with van der Waals surface area (Å²) < 4.78 is 23.7. The minimum atomic E-state index is -1.08. The number of fused-ring (bicyclic) bond motifs is 3. The topological polar surface area (TPSA) is 139 Å². The van der Waals surface area contributed by atoms with Crippen LogP contribution in [0.25, 0.3) is 11.1 Å². The fourth-order valence-corrected chi connectivity index (χ4v) is 7.10. The van der Waals surface area contributed by atoms with Crippen molar-refractivity contribution < 1.29 is 33.3 Å². The van der Waals surface area contributed by atoms with E-state index in [4.69, 9.17) is 18.6 Å². The standard InChI is InChI=1S/C35H47N5O7/c1-20(2)13-14-40(35(43)39(5)23-11-12-29-27(16-23)37-33(36-4)46-29)18-28(41)26(15-22-9-7-6-8-10-22)38-34(42)47-31-25-19-44-32-24(21(25)3)17-30(31)45-32/h6-12,16,20-21,24-26,28,30-32,41H,13-15,17-19H2,1-5H3,(H,36,37)(H,38,42). The number of ether oxygens (including phenoxy) is 3. The lowest BCUT2D eigenvalue weighted by Crippen LogP contribution is -2.54. The Balaban J connectivity index is 1.18. The van der Waals surface area contributed by atoms with E-state index in [1.54, 1.807) is 42.1 Å². The van der Waals surface area contributed by atoms with Gasteiger partial charge in [0.25, 0.3) is 6.01 Å². The van der Waals surface area contributed by atoms with Gasteiger partial charge in [0.15, 0.2) is 11.9 Å². The van der Waals surface area contributed by atoms with Gasteiger partial charge in [-0.25, -0.2) is 9.59 Å². The SMILES string of the molecule is CNc1nc2cc(N(C)C(=O)N(CCC(C)C)CC(O)C(Cc3ccccc3)NC(=O)OC3C4CC5C(OCC3C5C)O4)ccc2o1. The summed E-state index contributed by atoms with van der Waals surface area (Å²) >= 11 is 0. The van der Waals surface area contributed by atoms with Gasteiger partial charge in [0.1, 0.15) is 11.6 Å². The van der Waals surface area contributed by atoms with E-state index in [-0.39, 0.29) is 30.9 Å². The summed E-state index contributed by atoms with van der Waals surface area (Å²) in [5, 5.41) is 17.6. The maximum atomic E-state index is 14.0. The molecule has 3 N–H and O–H groups in total. The van der Waals surface area contributed by atoms with Crippen LogP contribution in [0.3, 0.4) is 0 Å². The molecule has 2 aromatic carbocycles. The lowest BCUT2D eigenvalue weighted by Gasteiger charge is -2.42. The summed E-state index contributed by atoms with van der Waals surface area (Å²) in [6.45, 7) is 7.30. The first-order chi connectivity index (χ1) is 22.6. The van der Waals surface area contributed by atoms with Crippen LogP contribution in [0.4, 0.5) is 21.3 Å². The highest BCUT2D eigenvalue weighted by atomic mass is 16.7. The van der Waals surface area contributed by atoms with Crippen LogP contribution in [0.15, 0.2) is 52.9 Å².